The standard InChI is InChI=1S/C12H9Br2NO3/c1-17-10(16)6-18-12-9(14)5-8(13)7-3-2-4-15-11(7)12/h2-5H,6H2,1H3. The molecule has 0 spiro atoms. The zero-order valence-corrected chi connectivity index (χ0v) is 12.6. The van der Waals surface area contributed by atoms with Gasteiger partial charge < -0.3 is 9.47 Å². The molecule has 4 nitrogen and oxygen atoms in total. The van der Waals surface area contributed by atoms with Gasteiger partial charge in [0.2, 0.25) is 0 Å². The Morgan fingerprint density at radius 1 is 1.39 bits per heavy atom. The van der Waals surface area contributed by atoms with Crippen molar-refractivity contribution in [3.8, 4) is 5.75 Å². The van der Waals surface area contributed by atoms with Gasteiger partial charge in [-0.1, -0.05) is 22.0 Å². The molecule has 94 valence electrons. The number of ether oxygens (including phenoxy) is 2. The first-order chi connectivity index (χ1) is 8.63. The van der Waals surface area contributed by atoms with E-state index in [-0.39, 0.29) is 6.61 Å². The summed E-state index contributed by atoms with van der Waals surface area (Å²) >= 11 is 6.85. The summed E-state index contributed by atoms with van der Waals surface area (Å²) in [7, 11) is 1.32. The van der Waals surface area contributed by atoms with Gasteiger partial charge in [-0.3, -0.25) is 4.98 Å². The molecule has 1 aromatic carbocycles. The summed E-state index contributed by atoms with van der Waals surface area (Å²) in [4.78, 5) is 15.4. The highest BCUT2D eigenvalue weighted by molar-refractivity contribution is 9.11. The van der Waals surface area contributed by atoms with Gasteiger partial charge in [-0.2, -0.15) is 0 Å². The molecule has 0 radical (unpaired) electrons. The largest absolute Gasteiger partial charge is 0.478 e. The number of carbonyl (C=O) groups excluding carboxylic acids is 1. The Hall–Kier alpha value is -1.14. The van der Waals surface area contributed by atoms with Crippen molar-refractivity contribution in [3.05, 3.63) is 33.3 Å². The first-order valence-electron chi connectivity index (χ1n) is 5.06. The van der Waals surface area contributed by atoms with E-state index in [1.807, 2.05) is 18.2 Å². The molecule has 0 aliphatic rings. The molecule has 2 rings (SSSR count). The molecular formula is C12H9Br2NO3. The van der Waals surface area contributed by atoms with Gasteiger partial charge in [0.25, 0.3) is 0 Å². The molecule has 0 fully saturated rings. The Bertz CT molecular complexity index is 601. The van der Waals surface area contributed by atoms with Gasteiger partial charge >= 0.3 is 5.97 Å². The zero-order valence-electron chi connectivity index (χ0n) is 9.44. The molecule has 1 aromatic heterocycles. The number of benzene rings is 1. The number of aromatic nitrogens is 1. The molecule has 0 bridgehead atoms. The van der Waals surface area contributed by atoms with E-state index in [0.717, 1.165) is 14.3 Å². The summed E-state index contributed by atoms with van der Waals surface area (Å²) in [6.45, 7) is -0.150. The Kier molecular flexibility index (Phi) is 4.19. The highest BCUT2D eigenvalue weighted by atomic mass is 79.9. The van der Waals surface area contributed by atoms with Crippen molar-refractivity contribution < 1.29 is 14.3 Å². The maximum atomic E-state index is 11.1. The molecular weight excluding hydrogens is 366 g/mol. The van der Waals surface area contributed by atoms with Crippen LogP contribution in [0, 0.1) is 0 Å². The number of carbonyl (C=O) groups is 1. The van der Waals surface area contributed by atoms with Crippen LogP contribution >= 0.6 is 31.9 Å². The minimum Gasteiger partial charge on any atom is -0.478 e. The molecule has 18 heavy (non-hydrogen) atoms. The van der Waals surface area contributed by atoms with Crippen LogP contribution in [0.4, 0.5) is 0 Å². The van der Waals surface area contributed by atoms with Crippen molar-refractivity contribution in [1.29, 1.82) is 0 Å². The monoisotopic (exact) mass is 373 g/mol. The van der Waals surface area contributed by atoms with Gasteiger partial charge in [-0.05, 0) is 28.1 Å². The van der Waals surface area contributed by atoms with Crippen LogP contribution in [-0.2, 0) is 9.53 Å². The van der Waals surface area contributed by atoms with E-state index in [1.54, 1.807) is 6.20 Å². The number of rotatable bonds is 3. The molecule has 0 saturated heterocycles. The summed E-state index contributed by atoms with van der Waals surface area (Å²) in [6.07, 6.45) is 1.67. The summed E-state index contributed by atoms with van der Waals surface area (Å²) < 4.78 is 11.6. The Morgan fingerprint density at radius 3 is 2.89 bits per heavy atom. The minimum absolute atomic E-state index is 0.150. The predicted octanol–water partition coefficient (Wildman–Crippen LogP) is 3.31. The summed E-state index contributed by atoms with van der Waals surface area (Å²) in [5.41, 5.74) is 0.683. The molecule has 0 saturated carbocycles. The van der Waals surface area contributed by atoms with E-state index in [0.29, 0.717) is 11.3 Å². The van der Waals surface area contributed by atoms with Crippen LogP contribution < -0.4 is 4.74 Å². The van der Waals surface area contributed by atoms with E-state index >= 15 is 0 Å². The maximum Gasteiger partial charge on any atom is 0.343 e. The first-order valence-corrected chi connectivity index (χ1v) is 6.64. The lowest BCUT2D eigenvalue weighted by Gasteiger charge is -2.10. The third kappa shape index (κ3) is 2.64. The van der Waals surface area contributed by atoms with Crippen LogP contribution in [0.3, 0.4) is 0 Å². The zero-order chi connectivity index (χ0) is 13.1. The molecule has 0 aliphatic carbocycles. The number of nitrogens with zero attached hydrogens (tertiary/aromatic N) is 1. The van der Waals surface area contributed by atoms with Gasteiger partial charge in [0.1, 0.15) is 5.52 Å². The van der Waals surface area contributed by atoms with Crippen molar-refractivity contribution >= 4 is 48.7 Å². The molecule has 6 heteroatoms. The van der Waals surface area contributed by atoms with Crippen molar-refractivity contribution in [2.45, 2.75) is 0 Å². The molecule has 0 unspecified atom stereocenters. The fourth-order valence-corrected chi connectivity index (χ4v) is 2.86. The Balaban J connectivity index is 2.46. The average Bonchev–Trinajstić information content (AvgIpc) is 2.38. The number of esters is 1. The highest BCUT2D eigenvalue weighted by Gasteiger charge is 2.13. The second kappa shape index (κ2) is 5.67. The van der Waals surface area contributed by atoms with Gasteiger partial charge in [0, 0.05) is 16.1 Å². The van der Waals surface area contributed by atoms with Crippen molar-refractivity contribution in [3.63, 3.8) is 0 Å². The van der Waals surface area contributed by atoms with Crippen molar-refractivity contribution in [2.75, 3.05) is 13.7 Å². The van der Waals surface area contributed by atoms with Crippen LogP contribution in [0.1, 0.15) is 0 Å². The topological polar surface area (TPSA) is 48.4 Å². The van der Waals surface area contributed by atoms with Crippen LogP contribution in [0.2, 0.25) is 0 Å². The Labute approximate surface area is 121 Å². The SMILES string of the molecule is COC(=O)COc1c(Br)cc(Br)c2cccnc12. The molecule has 0 amide bonds. The summed E-state index contributed by atoms with van der Waals surface area (Å²) in [6, 6.07) is 5.62. The van der Waals surface area contributed by atoms with E-state index in [9.17, 15) is 4.79 Å². The average molecular weight is 375 g/mol. The molecule has 0 aliphatic heterocycles. The van der Waals surface area contributed by atoms with Crippen LogP contribution in [0.25, 0.3) is 10.9 Å². The maximum absolute atomic E-state index is 11.1. The number of halogens is 2. The lowest BCUT2D eigenvalue weighted by Crippen LogP contribution is -2.13. The number of pyridine rings is 1. The molecule has 2 aromatic rings. The number of fused-ring (bicyclic) bond motifs is 1. The second-order valence-electron chi connectivity index (χ2n) is 3.43. The van der Waals surface area contributed by atoms with Crippen molar-refractivity contribution in [1.82, 2.24) is 4.98 Å². The van der Waals surface area contributed by atoms with E-state index in [2.05, 4.69) is 41.6 Å². The third-order valence-electron chi connectivity index (χ3n) is 2.31. The molecule has 0 atom stereocenters. The quantitative estimate of drug-likeness (QED) is 0.773. The minimum atomic E-state index is -0.436. The van der Waals surface area contributed by atoms with Crippen LogP contribution in [0.5, 0.6) is 5.75 Å². The molecule has 0 N–H and O–H groups in total. The van der Waals surface area contributed by atoms with E-state index < -0.39 is 5.97 Å². The fraction of sp³-hybridized carbons (Fsp3) is 0.167. The highest BCUT2D eigenvalue weighted by Crippen LogP contribution is 2.37. The summed E-state index contributed by atoms with van der Waals surface area (Å²) in [5.74, 6) is 0.0908. The number of methoxy groups -OCH3 is 1. The fourth-order valence-electron chi connectivity index (χ4n) is 1.47. The third-order valence-corrected chi connectivity index (χ3v) is 3.56. The normalized spacial score (nSPS) is 10.4. The first kappa shape index (κ1) is 13.3. The lowest BCUT2D eigenvalue weighted by atomic mass is 10.2. The second-order valence-corrected chi connectivity index (χ2v) is 5.14. The van der Waals surface area contributed by atoms with Gasteiger partial charge in [-0.25, -0.2) is 4.79 Å². The van der Waals surface area contributed by atoms with Crippen LogP contribution in [-0.4, -0.2) is 24.7 Å². The van der Waals surface area contributed by atoms with E-state index in [4.69, 9.17) is 4.74 Å². The van der Waals surface area contributed by atoms with Gasteiger partial charge in [0.15, 0.2) is 12.4 Å². The van der Waals surface area contributed by atoms with Gasteiger partial charge in [0.05, 0.1) is 11.6 Å². The predicted molar refractivity (Wildman–Crippen MR) is 74.7 cm³/mol. The van der Waals surface area contributed by atoms with Gasteiger partial charge in [-0.15, -0.1) is 0 Å². The lowest BCUT2D eigenvalue weighted by molar-refractivity contribution is -0.142. The smallest absolute Gasteiger partial charge is 0.343 e. The summed E-state index contributed by atoms with van der Waals surface area (Å²) in [5, 5.41) is 0.917. The van der Waals surface area contributed by atoms with Crippen LogP contribution in [0.15, 0.2) is 33.3 Å². The van der Waals surface area contributed by atoms with Crippen molar-refractivity contribution in [2.24, 2.45) is 0 Å². The number of hydrogen-bond donors (Lipinski definition) is 0. The molecule has 1 heterocycles. The number of hydrogen-bond acceptors (Lipinski definition) is 4. The Morgan fingerprint density at radius 2 is 2.17 bits per heavy atom. The van der Waals surface area contributed by atoms with E-state index in [1.165, 1.54) is 7.11 Å².